The van der Waals surface area contributed by atoms with Gasteiger partial charge in [0.05, 0.1) is 19.6 Å². The highest BCUT2D eigenvalue weighted by Gasteiger charge is 2.18. The first-order valence-corrected chi connectivity index (χ1v) is 10.5. The molecule has 0 radical (unpaired) electrons. The average Bonchev–Trinajstić information content (AvgIpc) is 2.79. The van der Waals surface area contributed by atoms with Gasteiger partial charge >= 0.3 is 0 Å². The summed E-state index contributed by atoms with van der Waals surface area (Å²) in [6.45, 7) is 4.88. The predicted octanol–water partition coefficient (Wildman–Crippen LogP) is 4.08. The largest absolute Gasteiger partial charge is 0.377 e. The Balaban J connectivity index is 0.00000289. The van der Waals surface area contributed by atoms with Crippen molar-refractivity contribution in [2.75, 3.05) is 24.7 Å². The van der Waals surface area contributed by atoms with Crippen molar-refractivity contribution >= 4 is 25.1 Å². The summed E-state index contributed by atoms with van der Waals surface area (Å²) in [7, 11) is 0. The molecule has 0 unspecified atom stereocenters. The minimum Gasteiger partial charge on any atom is -0.377 e. The van der Waals surface area contributed by atoms with Crippen molar-refractivity contribution in [1.82, 2.24) is 10.3 Å². The molecule has 0 aliphatic carbocycles. The Morgan fingerprint density at radius 3 is 2.62 bits per heavy atom. The minimum absolute atomic E-state index is 0. The summed E-state index contributed by atoms with van der Waals surface area (Å²) < 4.78 is 18.7. The number of nitrogens with zero attached hydrogens (tertiary/aromatic N) is 2. The molecule has 0 saturated carbocycles. The molecule has 1 saturated heterocycles. The van der Waals surface area contributed by atoms with E-state index in [2.05, 4.69) is 46.4 Å². The number of carbonyl (C=O) groups excluding carboxylic acids is 1. The quantitative estimate of drug-likeness (QED) is 0.611. The van der Waals surface area contributed by atoms with Crippen molar-refractivity contribution < 1.29 is 13.9 Å². The van der Waals surface area contributed by atoms with E-state index in [1.165, 1.54) is 17.8 Å². The molecule has 3 aromatic rings. The van der Waals surface area contributed by atoms with Crippen LogP contribution < -0.4 is 10.2 Å². The van der Waals surface area contributed by atoms with E-state index in [-0.39, 0.29) is 31.6 Å². The van der Waals surface area contributed by atoms with Crippen LogP contribution in [-0.4, -0.2) is 36.7 Å². The Hall–Kier alpha value is -2.90. The van der Waals surface area contributed by atoms with Gasteiger partial charge in [0.15, 0.2) is 0 Å². The van der Waals surface area contributed by atoms with Crippen LogP contribution in [0.25, 0.3) is 11.1 Å². The van der Waals surface area contributed by atoms with Gasteiger partial charge < -0.3 is 15.0 Å². The fourth-order valence-corrected chi connectivity index (χ4v) is 3.73. The van der Waals surface area contributed by atoms with Crippen LogP contribution in [0.3, 0.4) is 0 Å². The standard InChI is InChI=1S/C25H26FN3O2.H2S/c1-18-17-31-12-11-29(18)24-9-6-20(7-10-24)21-5-8-23(27-16-21)14-25(30)28-15-19-3-2-4-22(26)13-19;/h2-10,13,16,18H,11-12,14-15,17H2,1H3,(H,28,30);1H2/t18-;/m1./s1. The van der Waals surface area contributed by atoms with E-state index in [4.69, 9.17) is 4.74 Å². The maximum atomic E-state index is 13.2. The molecule has 1 aliphatic rings. The van der Waals surface area contributed by atoms with Crippen molar-refractivity contribution in [3.8, 4) is 11.1 Å². The van der Waals surface area contributed by atoms with E-state index in [0.717, 1.165) is 36.4 Å². The van der Waals surface area contributed by atoms with E-state index < -0.39 is 0 Å². The molecule has 32 heavy (non-hydrogen) atoms. The van der Waals surface area contributed by atoms with Gasteiger partial charge in [0.1, 0.15) is 5.82 Å². The minimum atomic E-state index is -0.309. The van der Waals surface area contributed by atoms with E-state index in [1.54, 1.807) is 18.3 Å². The number of rotatable bonds is 6. The highest BCUT2D eigenvalue weighted by molar-refractivity contribution is 7.59. The molecule has 1 N–H and O–H groups in total. The third kappa shape index (κ3) is 6.08. The molecular formula is C25H28FN3O2S. The summed E-state index contributed by atoms with van der Waals surface area (Å²) in [5.41, 5.74) is 4.70. The molecule has 2 heterocycles. The predicted molar refractivity (Wildman–Crippen MR) is 130 cm³/mol. The molecule has 0 bridgehead atoms. The van der Waals surface area contributed by atoms with E-state index in [0.29, 0.717) is 18.3 Å². The van der Waals surface area contributed by atoms with Gasteiger partial charge in [-0.2, -0.15) is 13.5 Å². The molecule has 1 aliphatic heterocycles. The second-order valence-corrected chi connectivity index (χ2v) is 7.79. The molecule has 1 fully saturated rings. The third-order valence-corrected chi connectivity index (χ3v) is 5.45. The first-order chi connectivity index (χ1) is 15.1. The number of carbonyl (C=O) groups is 1. The van der Waals surface area contributed by atoms with E-state index >= 15 is 0 Å². The number of nitrogens with one attached hydrogen (secondary N) is 1. The summed E-state index contributed by atoms with van der Waals surface area (Å²) >= 11 is 0. The Kier molecular flexibility index (Phi) is 8.25. The number of ether oxygens (including phenoxy) is 1. The fourth-order valence-electron chi connectivity index (χ4n) is 3.73. The van der Waals surface area contributed by atoms with Gasteiger partial charge in [-0.3, -0.25) is 9.78 Å². The second kappa shape index (κ2) is 11.1. The Bertz CT molecular complexity index is 1030. The number of anilines is 1. The topological polar surface area (TPSA) is 54.5 Å². The van der Waals surface area contributed by atoms with Crippen molar-refractivity contribution in [1.29, 1.82) is 0 Å². The highest BCUT2D eigenvalue weighted by atomic mass is 32.1. The molecule has 1 atom stereocenters. The summed E-state index contributed by atoms with van der Waals surface area (Å²) in [5.74, 6) is -0.454. The zero-order chi connectivity index (χ0) is 21.6. The van der Waals surface area contributed by atoms with Gasteiger partial charge in [-0.15, -0.1) is 0 Å². The number of benzene rings is 2. The summed E-state index contributed by atoms with van der Waals surface area (Å²) in [6, 6.07) is 18.9. The fraction of sp³-hybridized carbons (Fsp3) is 0.280. The number of pyridine rings is 1. The Labute approximate surface area is 195 Å². The summed E-state index contributed by atoms with van der Waals surface area (Å²) in [5, 5.41) is 2.80. The smallest absolute Gasteiger partial charge is 0.226 e. The van der Waals surface area contributed by atoms with Gasteiger partial charge in [-0.25, -0.2) is 4.39 Å². The number of hydrogen-bond acceptors (Lipinski definition) is 4. The van der Waals surface area contributed by atoms with Crippen molar-refractivity contribution in [2.24, 2.45) is 0 Å². The molecule has 1 aromatic heterocycles. The number of morpholine rings is 1. The summed E-state index contributed by atoms with van der Waals surface area (Å²) in [6.07, 6.45) is 1.98. The lowest BCUT2D eigenvalue weighted by Crippen LogP contribution is -2.43. The molecule has 4 rings (SSSR count). The van der Waals surface area contributed by atoms with Crippen LogP contribution in [0, 0.1) is 5.82 Å². The maximum absolute atomic E-state index is 13.2. The van der Waals surface area contributed by atoms with Crippen LogP contribution in [0.15, 0.2) is 66.9 Å². The molecule has 0 spiro atoms. The average molecular weight is 454 g/mol. The number of amides is 1. The Morgan fingerprint density at radius 1 is 1.16 bits per heavy atom. The third-order valence-electron chi connectivity index (χ3n) is 5.45. The van der Waals surface area contributed by atoms with Gasteiger partial charge in [0, 0.05) is 42.3 Å². The normalized spacial score (nSPS) is 15.7. The monoisotopic (exact) mass is 453 g/mol. The van der Waals surface area contributed by atoms with E-state index in [1.807, 2.05) is 12.1 Å². The molecule has 168 valence electrons. The van der Waals surface area contributed by atoms with Crippen LogP contribution in [-0.2, 0) is 22.5 Å². The molecule has 5 nitrogen and oxygen atoms in total. The lowest BCUT2D eigenvalue weighted by atomic mass is 10.1. The number of halogens is 1. The number of hydrogen-bond donors (Lipinski definition) is 1. The maximum Gasteiger partial charge on any atom is 0.226 e. The van der Waals surface area contributed by atoms with Crippen LogP contribution in [0.5, 0.6) is 0 Å². The zero-order valence-electron chi connectivity index (χ0n) is 18.1. The lowest BCUT2D eigenvalue weighted by molar-refractivity contribution is -0.120. The van der Waals surface area contributed by atoms with Gasteiger partial charge in [-0.1, -0.05) is 30.3 Å². The van der Waals surface area contributed by atoms with Crippen LogP contribution >= 0.6 is 13.5 Å². The Morgan fingerprint density at radius 2 is 1.94 bits per heavy atom. The zero-order valence-corrected chi connectivity index (χ0v) is 19.1. The molecular weight excluding hydrogens is 425 g/mol. The van der Waals surface area contributed by atoms with Gasteiger partial charge in [0.2, 0.25) is 5.91 Å². The van der Waals surface area contributed by atoms with Crippen molar-refractivity contribution in [2.45, 2.75) is 25.9 Å². The van der Waals surface area contributed by atoms with Crippen molar-refractivity contribution in [3.05, 3.63) is 83.9 Å². The SMILES string of the molecule is C[C@@H]1COCCN1c1ccc(-c2ccc(CC(=O)NCc3cccc(F)c3)nc2)cc1.S. The molecule has 1 amide bonds. The first-order valence-electron chi connectivity index (χ1n) is 10.5. The van der Waals surface area contributed by atoms with Crippen LogP contribution in [0.1, 0.15) is 18.2 Å². The second-order valence-electron chi connectivity index (χ2n) is 7.79. The first kappa shape index (κ1) is 23.8. The van der Waals surface area contributed by atoms with Gasteiger partial charge in [-0.05, 0) is 48.4 Å². The lowest BCUT2D eigenvalue weighted by Gasteiger charge is -2.35. The number of aromatic nitrogens is 1. The molecule has 7 heteroatoms. The van der Waals surface area contributed by atoms with Crippen molar-refractivity contribution in [3.63, 3.8) is 0 Å². The molecule has 2 aromatic carbocycles. The van der Waals surface area contributed by atoms with Crippen LogP contribution in [0.2, 0.25) is 0 Å². The van der Waals surface area contributed by atoms with Gasteiger partial charge in [0.25, 0.3) is 0 Å². The van der Waals surface area contributed by atoms with E-state index in [9.17, 15) is 9.18 Å². The highest BCUT2D eigenvalue weighted by Crippen LogP contribution is 2.25. The summed E-state index contributed by atoms with van der Waals surface area (Å²) in [4.78, 5) is 19.0. The van der Waals surface area contributed by atoms with Crippen LogP contribution in [0.4, 0.5) is 10.1 Å².